The SMILES string of the molecule is O=C(c1ccccc1F)N(Cc1cccnc1)c1nc2cc3c(cc2s1)OCO3. The van der Waals surface area contributed by atoms with Gasteiger partial charge in [0.15, 0.2) is 16.6 Å². The average molecular weight is 407 g/mol. The number of aromatic nitrogens is 2. The summed E-state index contributed by atoms with van der Waals surface area (Å²) in [6, 6.07) is 13.2. The van der Waals surface area contributed by atoms with Gasteiger partial charge in [-0.15, -0.1) is 0 Å². The van der Waals surface area contributed by atoms with Gasteiger partial charge in [0.1, 0.15) is 5.82 Å². The van der Waals surface area contributed by atoms with Crippen LogP contribution in [0.5, 0.6) is 11.5 Å². The number of carbonyl (C=O) groups is 1. The Morgan fingerprint density at radius 2 is 1.97 bits per heavy atom. The molecule has 0 saturated carbocycles. The van der Waals surface area contributed by atoms with Crippen LogP contribution in [0.2, 0.25) is 0 Å². The predicted molar refractivity (Wildman–Crippen MR) is 107 cm³/mol. The molecule has 8 heteroatoms. The first-order valence-electron chi connectivity index (χ1n) is 8.84. The van der Waals surface area contributed by atoms with E-state index in [0.717, 1.165) is 10.3 Å². The zero-order chi connectivity index (χ0) is 19.8. The number of halogens is 1. The standard InChI is InChI=1S/C21H14FN3O3S/c22-15-6-2-1-5-14(15)20(26)25(11-13-4-3-7-23-10-13)21-24-16-8-17-18(28-12-27-17)9-19(16)29-21/h1-10H,11-12H2. The minimum atomic E-state index is -0.574. The van der Waals surface area contributed by atoms with Crippen LogP contribution >= 0.6 is 11.3 Å². The minimum absolute atomic E-state index is 0.00944. The summed E-state index contributed by atoms with van der Waals surface area (Å²) in [6.07, 6.45) is 3.33. The molecule has 29 heavy (non-hydrogen) atoms. The van der Waals surface area contributed by atoms with Gasteiger partial charge in [-0.3, -0.25) is 14.7 Å². The van der Waals surface area contributed by atoms with Crippen molar-refractivity contribution in [2.45, 2.75) is 6.54 Å². The third kappa shape index (κ3) is 3.27. The number of nitrogens with zero attached hydrogens (tertiary/aromatic N) is 3. The number of carbonyl (C=O) groups excluding carboxylic acids is 1. The first-order chi connectivity index (χ1) is 14.2. The van der Waals surface area contributed by atoms with Crippen molar-refractivity contribution in [1.82, 2.24) is 9.97 Å². The molecule has 5 rings (SSSR count). The van der Waals surface area contributed by atoms with Crippen LogP contribution in [0.3, 0.4) is 0 Å². The Balaban J connectivity index is 1.59. The second-order valence-corrected chi connectivity index (χ2v) is 7.41. The fourth-order valence-electron chi connectivity index (χ4n) is 3.10. The fourth-order valence-corrected chi connectivity index (χ4v) is 4.08. The molecule has 0 atom stereocenters. The summed E-state index contributed by atoms with van der Waals surface area (Å²) in [5.41, 5.74) is 1.49. The molecule has 0 bridgehead atoms. The van der Waals surface area contributed by atoms with Crippen LogP contribution in [0.4, 0.5) is 9.52 Å². The number of anilines is 1. The Morgan fingerprint density at radius 3 is 2.76 bits per heavy atom. The van der Waals surface area contributed by atoms with Gasteiger partial charge in [-0.2, -0.15) is 0 Å². The fraction of sp³-hybridized carbons (Fsp3) is 0.0952. The van der Waals surface area contributed by atoms with Gasteiger partial charge in [0.2, 0.25) is 6.79 Å². The quantitative estimate of drug-likeness (QED) is 0.502. The van der Waals surface area contributed by atoms with Crippen LogP contribution in [-0.4, -0.2) is 22.7 Å². The topological polar surface area (TPSA) is 64.6 Å². The van der Waals surface area contributed by atoms with E-state index in [-0.39, 0.29) is 18.9 Å². The average Bonchev–Trinajstić information content (AvgIpc) is 3.36. The summed E-state index contributed by atoms with van der Waals surface area (Å²) in [5, 5.41) is 0.459. The molecule has 0 unspecified atom stereocenters. The Labute approximate surface area is 169 Å². The van der Waals surface area contributed by atoms with E-state index in [1.165, 1.54) is 28.4 Å². The zero-order valence-corrected chi connectivity index (χ0v) is 15.9. The second-order valence-electron chi connectivity index (χ2n) is 6.40. The van der Waals surface area contributed by atoms with Crippen molar-refractivity contribution in [2.24, 2.45) is 0 Å². The molecule has 1 amide bonds. The molecule has 0 spiro atoms. The number of hydrogen-bond acceptors (Lipinski definition) is 6. The molecule has 3 heterocycles. The molecule has 0 radical (unpaired) electrons. The monoisotopic (exact) mass is 407 g/mol. The van der Waals surface area contributed by atoms with Crippen LogP contribution in [0.25, 0.3) is 10.2 Å². The van der Waals surface area contributed by atoms with Crippen molar-refractivity contribution in [3.05, 3.63) is 77.9 Å². The Bertz CT molecular complexity index is 1170. The summed E-state index contributed by atoms with van der Waals surface area (Å²) >= 11 is 1.34. The highest BCUT2D eigenvalue weighted by Gasteiger charge is 2.25. The summed E-state index contributed by atoms with van der Waals surface area (Å²) in [4.78, 5) is 23.4. The van der Waals surface area contributed by atoms with Gasteiger partial charge in [-0.1, -0.05) is 29.5 Å². The molecule has 0 fully saturated rings. The lowest BCUT2D eigenvalue weighted by Crippen LogP contribution is -2.31. The van der Waals surface area contributed by atoms with E-state index in [1.54, 1.807) is 36.7 Å². The summed E-state index contributed by atoms with van der Waals surface area (Å²) < 4.78 is 26.0. The van der Waals surface area contributed by atoms with Crippen LogP contribution < -0.4 is 14.4 Å². The maximum atomic E-state index is 14.3. The van der Waals surface area contributed by atoms with Gasteiger partial charge >= 0.3 is 0 Å². The number of hydrogen-bond donors (Lipinski definition) is 0. The van der Waals surface area contributed by atoms with Gasteiger partial charge in [0.05, 0.1) is 22.3 Å². The normalized spacial score (nSPS) is 12.3. The molecule has 1 aliphatic rings. The number of pyridine rings is 1. The van der Waals surface area contributed by atoms with Crippen molar-refractivity contribution < 1.29 is 18.7 Å². The summed E-state index contributed by atoms with van der Waals surface area (Å²) in [7, 11) is 0. The Morgan fingerprint density at radius 1 is 1.14 bits per heavy atom. The molecular formula is C21H14FN3O3S. The number of thiazole rings is 1. The second kappa shape index (κ2) is 7.14. The lowest BCUT2D eigenvalue weighted by molar-refractivity contribution is 0.0981. The van der Waals surface area contributed by atoms with Crippen LogP contribution in [0, 0.1) is 5.82 Å². The third-order valence-electron chi connectivity index (χ3n) is 4.52. The highest BCUT2D eigenvalue weighted by atomic mass is 32.1. The number of benzene rings is 2. The molecule has 0 saturated heterocycles. The van der Waals surface area contributed by atoms with E-state index < -0.39 is 11.7 Å². The van der Waals surface area contributed by atoms with E-state index in [0.29, 0.717) is 22.1 Å². The minimum Gasteiger partial charge on any atom is -0.454 e. The molecule has 0 N–H and O–H groups in total. The smallest absolute Gasteiger partial charge is 0.263 e. The first kappa shape index (κ1) is 17.6. The van der Waals surface area contributed by atoms with Crippen molar-refractivity contribution in [1.29, 1.82) is 0 Å². The van der Waals surface area contributed by atoms with Gasteiger partial charge < -0.3 is 9.47 Å². The van der Waals surface area contributed by atoms with Gasteiger partial charge in [0.25, 0.3) is 5.91 Å². The van der Waals surface area contributed by atoms with E-state index in [9.17, 15) is 9.18 Å². The molecule has 0 aliphatic carbocycles. The number of rotatable bonds is 4. The lowest BCUT2D eigenvalue weighted by Gasteiger charge is -2.20. The largest absolute Gasteiger partial charge is 0.454 e. The molecule has 1 aliphatic heterocycles. The maximum absolute atomic E-state index is 14.3. The molecule has 2 aromatic carbocycles. The van der Waals surface area contributed by atoms with Crippen LogP contribution in [0.15, 0.2) is 60.9 Å². The number of amides is 1. The maximum Gasteiger partial charge on any atom is 0.263 e. The van der Waals surface area contributed by atoms with Crippen molar-refractivity contribution in [2.75, 3.05) is 11.7 Å². The number of fused-ring (bicyclic) bond motifs is 2. The van der Waals surface area contributed by atoms with Crippen LogP contribution in [-0.2, 0) is 6.54 Å². The third-order valence-corrected chi connectivity index (χ3v) is 5.56. The molecule has 4 aromatic rings. The Hall–Kier alpha value is -3.52. The zero-order valence-electron chi connectivity index (χ0n) is 15.0. The van der Waals surface area contributed by atoms with Gasteiger partial charge in [0, 0.05) is 24.5 Å². The van der Waals surface area contributed by atoms with E-state index in [4.69, 9.17) is 9.47 Å². The summed E-state index contributed by atoms with van der Waals surface area (Å²) in [5.74, 6) is 0.224. The molecule has 144 valence electrons. The highest BCUT2D eigenvalue weighted by molar-refractivity contribution is 7.22. The number of ether oxygens (including phenoxy) is 2. The van der Waals surface area contributed by atoms with Crippen molar-refractivity contribution in [3.63, 3.8) is 0 Å². The molecule has 2 aromatic heterocycles. The van der Waals surface area contributed by atoms with E-state index in [1.807, 2.05) is 12.1 Å². The first-order valence-corrected chi connectivity index (χ1v) is 9.66. The Kier molecular flexibility index (Phi) is 4.33. The van der Waals surface area contributed by atoms with Crippen LogP contribution in [0.1, 0.15) is 15.9 Å². The highest BCUT2D eigenvalue weighted by Crippen LogP contribution is 2.40. The predicted octanol–water partition coefficient (Wildman–Crippen LogP) is 4.41. The van der Waals surface area contributed by atoms with Crippen molar-refractivity contribution >= 4 is 32.6 Å². The van der Waals surface area contributed by atoms with Gasteiger partial charge in [-0.05, 0) is 23.8 Å². The van der Waals surface area contributed by atoms with Gasteiger partial charge in [-0.25, -0.2) is 9.37 Å². The lowest BCUT2D eigenvalue weighted by atomic mass is 10.1. The van der Waals surface area contributed by atoms with E-state index in [2.05, 4.69) is 9.97 Å². The van der Waals surface area contributed by atoms with E-state index >= 15 is 0 Å². The van der Waals surface area contributed by atoms with Crippen molar-refractivity contribution in [3.8, 4) is 11.5 Å². The summed E-state index contributed by atoms with van der Waals surface area (Å²) in [6.45, 7) is 0.395. The molecular weight excluding hydrogens is 393 g/mol. The molecule has 6 nitrogen and oxygen atoms in total.